The van der Waals surface area contributed by atoms with Gasteiger partial charge in [-0.25, -0.2) is 4.68 Å². The van der Waals surface area contributed by atoms with Crippen molar-refractivity contribution in [2.45, 2.75) is 17.5 Å². The van der Waals surface area contributed by atoms with E-state index in [0.717, 1.165) is 5.56 Å². The van der Waals surface area contributed by atoms with E-state index >= 15 is 0 Å². The predicted molar refractivity (Wildman–Crippen MR) is 126 cm³/mol. The topological polar surface area (TPSA) is 126 Å². The van der Waals surface area contributed by atoms with E-state index in [9.17, 15) is 4.79 Å². The number of benzene rings is 2. The Bertz CT molecular complexity index is 1660. The van der Waals surface area contributed by atoms with Crippen molar-refractivity contribution in [3.8, 4) is 23.2 Å². The maximum Gasteiger partial charge on any atom is 0.277 e. The number of fused-ring (bicyclic) bond motifs is 1. The first kappa shape index (κ1) is 21.1. The summed E-state index contributed by atoms with van der Waals surface area (Å²) in [5, 5.41) is 18.3. The molecule has 0 aliphatic heterocycles. The van der Waals surface area contributed by atoms with Crippen LogP contribution in [0, 0.1) is 0 Å². The molecule has 6 aromatic rings. The van der Waals surface area contributed by atoms with E-state index in [-0.39, 0.29) is 11.4 Å². The van der Waals surface area contributed by atoms with E-state index < -0.39 is 0 Å². The zero-order valence-corrected chi connectivity index (χ0v) is 18.9. The minimum absolute atomic E-state index is 0.189. The van der Waals surface area contributed by atoms with Gasteiger partial charge in [-0.1, -0.05) is 65.4 Å². The van der Waals surface area contributed by atoms with Crippen LogP contribution >= 0.6 is 11.8 Å². The van der Waals surface area contributed by atoms with Crippen LogP contribution in [0.4, 0.5) is 0 Å². The van der Waals surface area contributed by atoms with Crippen LogP contribution in [0.5, 0.6) is 0 Å². The summed E-state index contributed by atoms with van der Waals surface area (Å²) in [6.45, 7) is 0.322. The molecule has 172 valence electrons. The van der Waals surface area contributed by atoms with E-state index in [1.807, 2.05) is 48.5 Å². The van der Waals surface area contributed by atoms with Crippen molar-refractivity contribution < 1.29 is 13.4 Å². The number of thioether (sulfide) groups is 1. The summed E-state index contributed by atoms with van der Waals surface area (Å²) in [5.74, 6) is 1.83. The molecule has 0 aliphatic carbocycles. The quantitative estimate of drug-likeness (QED) is 0.300. The van der Waals surface area contributed by atoms with Crippen molar-refractivity contribution in [1.29, 1.82) is 0 Å². The first-order valence-electron chi connectivity index (χ1n) is 10.6. The van der Waals surface area contributed by atoms with Gasteiger partial charge in [0, 0.05) is 5.39 Å². The second-order valence-electron chi connectivity index (χ2n) is 7.49. The van der Waals surface area contributed by atoms with Gasteiger partial charge in [-0.2, -0.15) is 10.1 Å². The van der Waals surface area contributed by atoms with Crippen LogP contribution in [-0.4, -0.2) is 30.1 Å². The molecule has 0 saturated heterocycles. The van der Waals surface area contributed by atoms with Crippen LogP contribution in [0.15, 0.2) is 96.4 Å². The highest BCUT2D eigenvalue weighted by molar-refractivity contribution is 7.98. The van der Waals surface area contributed by atoms with E-state index in [4.69, 9.17) is 13.4 Å². The molecule has 0 aliphatic rings. The first-order valence-corrected chi connectivity index (χ1v) is 11.6. The maximum atomic E-state index is 13.1. The minimum atomic E-state index is -0.189. The molecular weight excluding hydrogens is 468 g/mol. The standard InChI is InChI=1S/C24H16N6O4S/c31-23-17-10-5-4-9-16(17)20(28-30(23)13-15-7-2-1-3-8-15)22-26-27-24(33-22)35-14-19-25-21(29-34-19)18-11-6-12-32-18/h1-12H,13-14H2. The summed E-state index contributed by atoms with van der Waals surface area (Å²) in [6, 6.07) is 20.4. The summed E-state index contributed by atoms with van der Waals surface area (Å²) >= 11 is 1.25. The number of nitrogens with zero attached hydrogens (tertiary/aromatic N) is 6. The van der Waals surface area contributed by atoms with Crippen molar-refractivity contribution in [2.24, 2.45) is 0 Å². The van der Waals surface area contributed by atoms with Gasteiger partial charge in [0.2, 0.25) is 11.7 Å². The zero-order valence-electron chi connectivity index (χ0n) is 18.1. The van der Waals surface area contributed by atoms with Crippen molar-refractivity contribution in [1.82, 2.24) is 30.1 Å². The van der Waals surface area contributed by atoms with Gasteiger partial charge in [0.25, 0.3) is 16.7 Å². The predicted octanol–water partition coefficient (Wildman–Crippen LogP) is 4.43. The van der Waals surface area contributed by atoms with Gasteiger partial charge < -0.3 is 13.4 Å². The zero-order chi connectivity index (χ0) is 23.6. The summed E-state index contributed by atoms with van der Waals surface area (Å²) in [5.41, 5.74) is 1.21. The minimum Gasteiger partial charge on any atom is -0.461 e. The van der Waals surface area contributed by atoms with Crippen molar-refractivity contribution in [2.75, 3.05) is 0 Å². The van der Waals surface area contributed by atoms with Gasteiger partial charge in [-0.15, -0.1) is 10.2 Å². The van der Waals surface area contributed by atoms with Crippen LogP contribution in [-0.2, 0) is 12.3 Å². The van der Waals surface area contributed by atoms with Crippen molar-refractivity contribution in [3.63, 3.8) is 0 Å². The molecule has 0 fully saturated rings. The molecule has 6 rings (SSSR count). The third kappa shape index (κ3) is 4.24. The highest BCUT2D eigenvalue weighted by atomic mass is 32.2. The number of aromatic nitrogens is 6. The van der Waals surface area contributed by atoms with E-state index in [1.54, 1.807) is 24.5 Å². The van der Waals surface area contributed by atoms with E-state index in [1.165, 1.54) is 16.4 Å². The van der Waals surface area contributed by atoms with Crippen LogP contribution in [0.1, 0.15) is 11.5 Å². The average Bonchev–Trinajstić information content (AvgIpc) is 3.67. The molecule has 0 bridgehead atoms. The Morgan fingerprint density at radius 3 is 2.57 bits per heavy atom. The fourth-order valence-electron chi connectivity index (χ4n) is 3.56. The summed E-state index contributed by atoms with van der Waals surface area (Å²) in [7, 11) is 0. The third-order valence-corrected chi connectivity index (χ3v) is 5.98. The average molecular weight is 484 g/mol. The van der Waals surface area contributed by atoms with E-state index in [2.05, 4.69) is 25.4 Å². The van der Waals surface area contributed by atoms with Gasteiger partial charge >= 0.3 is 0 Å². The Kier molecular flexibility index (Phi) is 5.43. The third-order valence-electron chi connectivity index (χ3n) is 5.18. The lowest BCUT2D eigenvalue weighted by Crippen LogP contribution is -2.24. The highest BCUT2D eigenvalue weighted by Crippen LogP contribution is 2.28. The highest BCUT2D eigenvalue weighted by Gasteiger charge is 2.19. The molecule has 4 aromatic heterocycles. The number of hydrogen-bond acceptors (Lipinski definition) is 10. The largest absolute Gasteiger partial charge is 0.461 e. The summed E-state index contributed by atoms with van der Waals surface area (Å²) < 4.78 is 17.8. The van der Waals surface area contributed by atoms with Crippen LogP contribution in [0.25, 0.3) is 33.9 Å². The van der Waals surface area contributed by atoms with Gasteiger partial charge in [0.05, 0.1) is 23.9 Å². The second kappa shape index (κ2) is 9.03. The Labute approximate surface area is 201 Å². The lowest BCUT2D eigenvalue weighted by Gasteiger charge is -2.09. The molecule has 0 N–H and O–H groups in total. The number of furan rings is 1. The van der Waals surface area contributed by atoms with Crippen LogP contribution in [0.2, 0.25) is 0 Å². The first-order chi connectivity index (χ1) is 17.2. The normalized spacial score (nSPS) is 11.3. The molecule has 0 radical (unpaired) electrons. The summed E-state index contributed by atoms with van der Waals surface area (Å²) in [6.07, 6.45) is 1.54. The van der Waals surface area contributed by atoms with Gasteiger partial charge in [-0.05, 0) is 23.8 Å². The molecule has 11 heteroatoms. The van der Waals surface area contributed by atoms with Crippen LogP contribution in [0.3, 0.4) is 0 Å². The lowest BCUT2D eigenvalue weighted by atomic mass is 10.1. The molecule has 0 unspecified atom stereocenters. The van der Waals surface area contributed by atoms with Gasteiger partial charge in [0.15, 0.2) is 11.5 Å². The lowest BCUT2D eigenvalue weighted by molar-refractivity contribution is 0.389. The summed E-state index contributed by atoms with van der Waals surface area (Å²) in [4.78, 5) is 17.4. The van der Waals surface area contributed by atoms with Crippen LogP contribution < -0.4 is 5.56 Å². The number of hydrogen-bond donors (Lipinski definition) is 0. The Balaban J connectivity index is 1.28. The molecule has 0 spiro atoms. The molecule has 10 nitrogen and oxygen atoms in total. The SMILES string of the molecule is O=c1c2ccccc2c(-c2nnc(SCc3nc(-c4ccco4)no3)o2)nn1Cc1ccccc1. The smallest absolute Gasteiger partial charge is 0.277 e. The second-order valence-corrected chi connectivity index (χ2v) is 8.42. The molecular formula is C24H16N6O4S. The van der Waals surface area contributed by atoms with E-state index in [0.29, 0.717) is 51.5 Å². The molecule has 0 atom stereocenters. The number of rotatable bonds is 7. The van der Waals surface area contributed by atoms with Crippen molar-refractivity contribution >= 4 is 22.5 Å². The fourth-order valence-corrected chi connectivity index (χ4v) is 4.16. The molecule has 35 heavy (non-hydrogen) atoms. The van der Waals surface area contributed by atoms with Gasteiger partial charge in [-0.3, -0.25) is 4.79 Å². The fraction of sp³-hybridized carbons (Fsp3) is 0.0833. The van der Waals surface area contributed by atoms with Gasteiger partial charge in [0.1, 0.15) is 0 Å². The Morgan fingerprint density at radius 2 is 1.74 bits per heavy atom. The molecule has 0 amide bonds. The maximum absolute atomic E-state index is 13.1. The Hall–Kier alpha value is -4.51. The van der Waals surface area contributed by atoms with Crippen molar-refractivity contribution in [3.05, 3.63) is 94.8 Å². The molecule has 2 aromatic carbocycles. The Morgan fingerprint density at radius 1 is 0.914 bits per heavy atom. The molecule has 4 heterocycles. The molecule has 0 saturated carbocycles. The monoisotopic (exact) mass is 484 g/mol.